The summed E-state index contributed by atoms with van der Waals surface area (Å²) in [6, 6.07) is 9.35. The minimum atomic E-state index is -0.500. The van der Waals surface area contributed by atoms with E-state index < -0.39 is 6.04 Å². The van der Waals surface area contributed by atoms with Crippen LogP contribution in [0.5, 0.6) is 0 Å². The molecule has 1 unspecified atom stereocenters. The predicted molar refractivity (Wildman–Crippen MR) is 85.9 cm³/mol. The summed E-state index contributed by atoms with van der Waals surface area (Å²) in [5.74, 6) is 0.414. The first-order valence-electron chi connectivity index (χ1n) is 7.73. The maximum atomic E-state index is 12.5. The molecule has 118 valence electrons. The lowest BCUT2D eigenvalue weighted by molar-refractivity contribution is -0.133. The topological polar surface area (TPSA) is 66.6 Å². The highest BCUT2D eigenvalue weighted by molar-refractivity contribution is 5.82. The summed E-state index contributed by atoms with van der Waals surface area (Å²) in [4.78, 5) is 14.4. The number of rotatable bonds is 9. The number of hydrogen-bond donors (Lipinski definition) is 2. The van der Waals surface area contributed by atoms with Crippen LogP contribution < -0.4 is 5.73 Å². The molecule has 4 heteroatoms. The molecule has 0 aliphatic carbocycles. The number of amides is 1. The van der Waals surface area contributed by atoms with Gasteiger partial charge in [-0.15, -0.1) is 0 Å². The van der Waals surface area contributed by atoms with Crippen molar-refractivity contribution in [1.82, 2.24) is 4.90 Å². The van der Waals surface area contributed by atoms with E-state index in [1.807, 2.05) is 35.2 Å². The lowest BCUT2D eigenvalue weighted by atomic mass is 10.0. The lowest BCUT2D eigenvalue weighted by Crippen LogP contribution is -2.46. The Labute approximate surface area is 128 Å². The third kappa shape index (κ3) is 6.74. The Bertz CT molecular complexity index is 407. The van der Waals surface area contributed by atoms with Gasteiger partial charge in [0.2, 0.25) is 5.91 Å². The fourth-order valence-electron chi connectivity index (χ4n) is 2.34. The van der Waals surface area contributed by atoms with Crippen molar-refractivity contribution in [3.05, 3.63) is 35.9 Å². The largest absolute Gasteiger partial charge is 0.396 e. The maximum absolute atomic E-state index is 12.5. The second-order valence-electron chi connectivity index (χ2n) is 5.91. The van der Waals surface area contributed by atoms with Crippen molar-refractivity contribution in [2.24, 2.45) is 11.7 Å². The highest BCUT2D eigenvalue weighted by atomic mass is 16.3. The van der Waals surface area contributed by atoms with Crippen LogP contribution in [0.15, 0.2) is 30.3 Å². The molecular weight excluding hydrogens is 264 g/mol. The molecule has 0 aromatic heterocycles. The van der Waals surface area contributed by atoms with Gasteiger partial charge in [0, 0.05) is 19.7 Å². The van der Waals surface area contributed by atoms with Gasteiger partial charge < -0.3 is 15.7 Å². The number of nitrogens with two attached hydrogens (primary N) is 1. The van der Waals surface area contributed by atoms with Crippen LogP contribution in [0, 0.1) is 5.92 Å². The van der Waals surface area contributed by atoms with Crippen molar-refractivity contribution >= 4 is 5.91 Å². The molecule has 3 N–H and O–H groups in total. The zero-order valence-corrected chi connectivity index (χ0v) is 13.2. The van der Waals surface area contributed by atoms with Crippen molar-refractivity contribution in [3.8, 4) is 0 Å². The molecule has 1 atom stereocenters. The molecule has 1 amide bonds. The summed E-state index contributed by atoms with van der Waals surface area (Å²) < 4.78 is 0. The van der Waals surface area contributed by atoms with Crippen LogP contribution in [-0.2, 0) is 11.2 Å². The highest BCUT2D eigenvalue weighted by Crippen LogP contribution is 2.08. The molecule has 4 nitrogen and oxygen atoms in total. The molecular formula is C17H28N2O2. The molecule has 0 saturated carbocycles. The van der Waals surface area contributed by atoms with Crippen LogP contribution >= 0.6 is 0 Å². The van der Waals surface area contributed by atoms with E-state index in [2.05, 4.69) is 13.8 Å². The average molecular weight is 292 g/mol. The third-order valence-electron chi connectivity index (χ3n) is 3.35. The molecule has 21 heavy (non-hydrogen) atoms. The maximum Gasteiger partial charge on any atom is 0.239 e. The number of unbranched alkanes of at least 4 members (excludes halogenated alkanes) is 1. The van der Waals surface area contributed by atoms with E-state index in [-0.39, 0.29) is 12.5 Å². The van der Waals surface area contributed by atoms with Gasteiger partial charge in [0.25, 0.3) is 0 Å². The van der Waals surface area contributed by atoms with Crippen molar-refractivity contribution in [2.75, 3.05) is 19.7 Å². The first-order chi connectivity index (χ1) is 10.0. The van der Waals surface area contributed by atoms with Crippen molar-refractivity contribution < 1.29 is 9.90 Å². The van der Waals surface area contributed by atoms with Crippen LogP contribution in [0.4, 0.5) is 0 Å². The van der Waals surface area contributed by atoms with Gasteiger partial charge in [-0.2, -0.15) is 0 Å². The molecule has 0 spiro atoms. The average Bonchev–Trinajstić information content (AvgIpc) is 2.46. The molecule has 0 bridgehead atoms. The van der Waals surface area contributed by atoms with Crippen molar-refractivity contribution in [3.63, 3.8) is 0 Å². The van der Waals surface area contributed by atoms with Gasteiger partial charge in [-0.1, -0.05) is 44.2 Å². The van der Waals surface area contributed by atoms with Gasteiger partial charge in [0.05, 0.1) is 6.04 Å². The molecule has 0 radical (unpaired) electrons. The van der Waals surface area contributed by atoms with Crippen molar-refractivity contribution in [1.29, 1.82) is 0 Å². The zero-order chi connectivity index (χ0) is 15.7. The van der Waals surface area contributed by atoms with Crippen LogP contribution in [0.3, 0.4) is 0 Å². The number of carbonyl (C=O) groups excluding carboxylic acids is 1. The summed E-state index contributed by atoms with van der Waals surface area (Å²) in [6.45, 7) is 5.73. The lowest BCUT2D eigenvalue weighted by Gasteiger charge is -2.27. The van der Waals surface area contributed by atoms with Gasteiger partial charge in [-0.3, -0.25) is 4.79 Å². The summed E-state index contributed by atoms with van der Waals surface area (Å²) in [6.07, 6.45) is 2.09. The van der Waals surface area contributed by atoms with Crippen LogP contribution in [0.25, 0.3) is 0 Å². The quantitative estimate of drug-likeness (QED) is 0.682. The number of carbonyl (C=O) groups is 1. The zero-order valence-electron chi connectivity index (χ0n) is 13.2. The number of hydrogen-bond acceptors (Lipinski definition) is 3. The SMILES string of the molecule is CC(C)CN(CCCCO)C(=O)C(N)Cc1ccccc1. The van der Waals surface area contributed by atoms with Crippen LogP contribution in [-0.4, -0.2) is 41.7 Å². The van der Waals surface area contributed by atoms with Gasteiger partial charge in [-0.25, -0.2) is 0 Å². The molecule has 0 aliphatic rings. The molecule has 1 aromatic rings. The predicted octanol–water partition coefficient (Wildman–Crippen LogP) is 1.81. The van der Waals surface area contributed by atoms with Crippen LogP contribution in [0.1, 0.15) is 32.3 Å². The smallest absolute Gasteiger partial charge is 0.239 e. The van der Waals surface area contributed by atoms with Gasteiger partial charge >= 0.3 is 0 Å². The number of benzene rings is 1. The summed E-state index contributed by atoms with van der Waals surface area (Å²) in [5.41, 5.74) is 7.17. The van der Waals surface area contributed by atoms with E-state index in [1.54, 1.807) is 0 Å². The van der Waals surface area contributed by atoms with E-state index in [9.17, 15) is 4.79 Å². The minimum Gasteiger partial charge on any atom is -0.396 e. The monoisotopic (exact) mass is 292 g/mol. The Morgan fingerprint density at radius 3 is 2.48 bits per heavy atom. The first kappa shape index (κ1) is 17.7. The van der Waals surface area contributed by atoms with E-state index >= 15 is 0 Å². The van der Waals surface area contributed by atoms with Gasteiger partial charge in [0.15, 0.2) is 0 Å². The first-order valence-corrected chi connectivity index (χ1v) is 7.73. The summed E-state index contributed by atoms with van der Waals surface area (Å²) in [5, 5.41) is 8.88. The summed E-state index contributed by atoms with van der Waals surface area (Å²) in [7, 11) is 0. The Hall–Kier alpha value is -1.39. The molecule has 0 fully saturated rings. The molecule has 0 heterocycles. The Morgan fingerprint density at radius 1 is 1.24 bits per heavy atom. The number of aliphatic hydroxyl groups excluding tert-OH is 1. The third-order valence-corrected chi connectivity index (χ3v) is 3.35. The Kier molecular flexibility index (Phi) is 8.01. The Morgan fingerprint density at radius 2 is 1.90 bits per heavy atom. The van der Waals surface area contributed by atoms with Gasteiger partial charge in [0.1, 0.15) is 0 Å². The second kappa shape index (κ2) is 9.53. The number of aliphatic hydroxyl groups is 1. The molecule has 0 aliphatic heterocycles. The molecule has 0 saturated heterocycles. The minimum absolute atomic E-state index is 0.00509. The second-order valence-corrected chi connectivity index (χ2v) is 5.91. The number of nitrogens with zero attached hydrogens (tertiary/aromatic N) is 1. The van der Waals surface area contributed by atoms with E-state index in [0.29, 0.717) is 25.4 Å². The molecule has 1 aromatic carbocycles. The molecule has 1 rings (SSSR count). The van der Waals surface area contributed by atoms with E-state index in [0.717, 1.165) is 18.4 Å². The fourth-order valence-corrected chi connectivity index (χ4v) is 2.34. The van der Waals surface area contributed by atoms with E-state index in [4.69, 9.17) is 10.8 Å². The van der Waals surface area contributed by atoms with Crippen LogP contribution in [0.2, 0.25) is 0 Å². The van der Waals surface area contributed by atoms with Gasteiger partial charge in [-0.05, 0) is 30.7 Å². The van der Waals surface area contributed by atoms with E-state index in [1.165, 1.54) is 0 Å². The highest BCUT2D eigenvalue weighted by Gasteiger charge is 2.21. The normalized spacial score (nSPS) is 12.4. The fraction of sp³-hybridized carbons (Fsp3) is 0.588. The standard InChI is InChI=1S/C17H28N2O2/c1-14(2)13-19(10-6-7-11-20)17(21)16(18)12-15-8-4-3-5-9-15/h3-5,8-9,14,16,20H,6-7,10-13,18H2,1-2H3. The summed E-state index contributed by atoms with van der Waals surface area (Å²) >= 11 is 0. The van der Waals surface area contributed by atoms with Crippen molar-refractivity contribution in [2.45, 2.75) is 39.2 Å². The Balaban J connectivity index is 2.60.